The van der Waals surface area contributed by atoms with Gasteiger partial charge in [-0.1, -0.05) is 19.0 Å². The van der Waals surface area contributed by atoms with Crippen molar-refractivity contribution in [3.05, 3.63) is 33.1 Å². The van der Waals surface area contributed by atoms with Gasteiger partial charge in [-0.3, -0.25) is 0 Å². The van der Waals surface area contributed by atoms with Gasteiger partial charge in [0.25, 0.3) is 0 Å². The number of thiazole rings is 1. The van der Waals surface area contributed by atoms with Crippen molar-refractivity contribution in [2.45, 2.75) is 53.5 Å². The summed E-state index contributed by atoms with van der Waals surface area (Å²) < 4.78 is 5.33. The van der Waals surface area contributed by atoms with Crippen molar-refractivity contribution in [2.75, 3.05) is 13.1 Å². The molecule has 8 heteroatoms. The largest absolute Gasteiger partial charge is 0.359 e. The first kappa shape index (κ1) is 21.9. The number of aromatic nitrogens is 2. The third-order valence-corrected chi connectivity index (χ3v) is 4.68. The third kappa shape index (κ3) is 6.93. The summed E-state index contributed by atoms with van der Waals surface area (Å²) in [6.07, 6.45) is 0.946. The minimum absolute atomic E-state index is 0. The van der Waals surface area contributed by atoms with Gasteiger partial charge in [-0.15, -0.1) is 35.3 Å². The van der Waals surface area contributed by atoms with Crippen molar-refractivity contribution < 1.29 is 4.52 Å². The second kappa shape index (κ2) is 10.7. The number of halogens is 1. The molecule has 0 bridgehead atoms. The van der Waals surface area contributed by atoms with Gasteiger partial charge in [0.1, 0.15) is 6.54 Å². The number of aliphatic imine (C=N–C) groups is 1. The molecule has 2 rings (SSSR count). The molecule has 25 heavy (non-hydrogen) atoms. The molecule has 0 amide bonds. The summed E-state index contributed by atoms with van der Waals surface area (Å²) in [5.74, 6) is 1.94. The molecule has 0 saturated carbocycles. The summed E-state index contributed by atoms with van der Waals surface area (Å²) >= 11 is 1.76. The van der Waals surface area contributed by atoms with Gasteiger partial charge in [-0.2, -0.15) is 0 Å². The van der Waals surface area contributed by atoms with Crippen LogP contribution in [0.2, 0.25) is 0 Å². The van der Waals surface area contributed by atoms with E-state index in [4.69, 9.17) is 4.52 Å². The maximum atomic E-state index is 5.33. The van der Waals surface area contributed by atoms with Gasteiger partial charge in [-0.05, 0) is 26.7 Å². The van der Waals surface area contributed by atoms with Crippen LogP contribution in [-0.4, -0.2) is 29.2 Å². The molecular weight excluding hydrogens is 449 g/mol. The number of hydrogen-bond acceptors (Lipinski definition) is 5. The van der Waals surface area contributed by atoms with Gasteiger partial charge in [0, 0.05) is 30.5 Å². The van der Waals surface area contributed by atoms with Crippen LogP contribution >= 0.6 is 35.3 Å². The van der Waals surface area contributed by atoms with Crippen LogP contribution in [0, 0.1) is 13.8 Å². The average molecular weight is 477 g/mol. The SMILES string of the molecule is CCNC(=NCc1cc(C(C)C)no1)NCCc1sc(C)nc1C.I. The predicted octanol–water partition coefficient (Wildman–Crippen LogP) is 3.79. The highest BCUT2D eigenvalue weighted by Gasteiger charge is 2.08. The van der Waals surface area contributed by atoms with Gasteiger partial charge < -0.3 is 15.2 Å². The van der Waals surface area contributed by atoms with Crippen LogP contribution in [0.25, 0.3) is 0 Å². The highest BCUT2D eigenvalue weighted by Crippen LogP contribution is 2.17. The molecule has 0 saturated heterocycles. The standard InChI is InChI=1S/C17H27N5OS.HI/c1-6-18-17(19-8-7-16-12(4)21-13(5)24-16)20-10-14-9-15(11(2)3)22-23-14;/h9,11H,6-8,10H2,1-5H3,(H2,18,19,20);1H. The molecule has 0 aliphatic heterocycles. The molecule has 0 radical (unpaired) electrons. The topological polar surface area (TPSA) is 75.3 Å². The molecule has 0 aromatic carbocycles. The van der Waals surface area contributed by atoms with E-state index in [1.54, 1.807) is 11.3 Å². The second-order valence-corrected chi connectivity index (χ2v) is 7.27. The van der Waals surface area contributed by atoms with Crippen LogP contribution in [-0.2, 0) is 13.0 Å². The van der Waals surface area contributed by atoms with Gasteiger partial charge in [0.05, 0.1) is 16.4 Å². The normalized spacial score (nSPS) is 11.5. The quantitative estimate of drug-likeness (QED) is 0.361. The van der Waals surface area contributed by atoms with Crippen molar-refractivity contribution in [2.24, 2.45) is 4.99 Å². The first-order valence-corrected chi connectivity index (χ1v) is 9.21. The van der Waals surface area contributed by atoms with Crippen molar-refractivity contribution >= 4 is 41.3 Å². The first-order valence-electron chi connectivity index (χ1n) is 8.40. The van der Waals surface area contributed by atoms with E-state index < -0.39 is 0 Å². The van der Waals surface area contributed by atoms with Crippen molar-refractivity contribution in [3.63, 3.8) is 0 Å². The van der Waals surface area contributed by atoms with Crippen LogP contribution in [0.5, 0.6) is 0 Å². The minimum atomic E-state index is 0. The van der Waals surface area contributed by atoms with E-state index >= 15 is 0 Å². The molecule has 0 atom stereocenters. The highest BCUT2D eigenvalue weighted by molar-refractivity contribution is 14.0. The zero-order valence-electron chi connectivity index (χ0n) is 15.5. The van der Waals surface area contributed by atoms with Crippen LogP contribution in [0.1, 0.15) is 53.7 Å². The van der Waals surface area contributed by atoms with Gasteiger partial charge in [-0.25, -0.2) is 9.98 Å². The summed E-state index contributed by atoms with van der Waals surface area (Å²) in [6.45, 7) is 12.5. The van der Waals surface area contributed by atoms with E-state index in [-0.39, 0.29) is 24.0 Å². The average Bonchev–Trinajstić information content (AvgIpc) is 3.12. The summed E-state index contributed by atoms with van der Waals surface area (Å²) in [6, 6.07) is 1.97. The molecule has 0 aliphatic rings. The monoisotopic (exact) mass is 477 g/mol. The first-order chi connectivity index (χ1) is 11.5. The van der Waals surface area contributed by atoms with Gasteiger partial charge in [0.15, 0.2) is 11.7 Å². The van der Waals surface area contributed by atoms with Crippen LogP contribution in [0.15, 0.2) is 15.6 Å². The Morgan fingerprint density at radius 3 is 2.64 bits per heavy atom. The van der Waals surface area contributed by atoms with E-state index in [0.717, 1.165) is 47.6 Å². The fraction of sp³-hybridized carbons (Fsp3) is 0.588. The predicted molar refractivity (Wildman–Crippen MR) is 114 cm³/mol. The fourth-order valence-corrected chi connectivity index (χ4v) is 3.21. The maximum Gasteiger partial charge on any atom is 0.191 e. The Morgan fingerprint density at radius 1 is 1.32 bits per heavy atom. The van der Waals surface area contributed by atoms with E-state index in [0.29, 0.717) is 12.5 Å². The molecule has 0 unspecified atom stereocenters. The molecule has 0 spiro atoms. The molecule has 0 aliphatic carbocycles. The third-order valence-electron chi connectivity index (χ3n) is 3.55. The van der Waals surface area contributed by atoms with Crippen molar-refractivity contribution in [1.29, 1.82) is 0 Å². The lowest BCUT2D eigenvalue weighted by molar-refractivity contribution is 0.376. The lowest BCUT2D eigenvalue weighted by atomic mass is 10.1. The summed E-state index contributed by atoms with van der Waals surface area (Å²) in [5.41, 5.74) is 2.10. The Bertz CT molecular complexity index is 680. The van der Waals surface area contributed by atoms with Crippen LogP contribution < -0.4 is 10.6 Å². The Morgan fingerprint density at radius 2 is 2.08 bits per heavy atom. The number of nitrogens with zero attached hydrogens (tertiary/aromatic N) is 3. The molecule has 2 N–H and O–H groups in total. The molecule has 140 valence electrons. The lowest BCUT2D eigenvalue weighted by Gasteiger charge is -2.10. The Balaban J connectivity index is 0.00000312. The number of rotatable bonds is 7. The molecule has 0 fully saturated rings. The summed E-state index contributed by atoms with van der Waals surface area (Å²) in [7, 11) is 0. The number of nitrogens with one attached hydrogen (secondary N) is 2. The second-order valence-electron chi connectivity index (χ2n) is 5.99. The Labute approximate surface area is 170 Å². The summed E-state index contributed by atoms with van der Waals surface area (Å²) in [4.78, 5) is 10.4. The van der Waals surface area contributed by atoms with Crippen molar-refractivity contribution in [1.82, 2.24) is 20.8 Å². The number of aryl methyl sites for hydroxylation is 2. The minimum Gasteiger partial charge on any atom is -0.359 e. The van der Waals surface area contributed by atoms with E-state index in [9.17, 15) is 0 Å². The van der Waals surface area contributed by atoms with Crippen LogP contribution in [0.4, 0.5) is 0 Å². The van der Waals surface area contributed by atoms with Crippen LogP contribution in [0.3, 0.4) is 0 Å². The zero-order valence-corrected chi connectivity index (χ0v) is 18.7. The smallest absolute Gasteiger partial charge is 0.191 e. The Hall–Kier alpha value is -1.16. The van der Waals surface area contributed by atoms with Gasteiger partial charge in [0.2, 0.25) is 0 Å². The Kier molecular flexibility index (Phi) is 9.41. The molecular formula is C17H28IN5OS. The van der Waals surface area contributed by atoms with E-state index in [1.165, 1.54) is 4.88 Å². The molecule has 6 nitrogen and oxygen atoms in total. The van der Waals surface area contributed by atoms with Crippen molar-refractivity contribution in [3.8, 4) is 0 Å². The van der Waals surface area contributed by atoms with E-state index in [2.05, 4.69) is 53.5 Å². The molecule has 2 aromatic heterocycles. The summed E-state index contributed by atoms with van der Waals surface area (Å²) in [5, 5.41) is 11.8. The highest BCUT2D eigenvalue weighted by atomic mass is 127. The van der Waals surface area contributed by atoms with Gasteiger partial charge >= 0.3 is 0 Å². The van der Waals surface area contributed by atoms with E-state index in [1.807, 2.05) is 13.0 Å². The number of hydrogen-bond donors (Lipinski definition) is 2. The maximum absolute atomic E-state index is 5.33. The molecule has 2 aromatic rings. The zero-order chi connectivity index (χ0) is 17.5. The number of guanidine groups is 1. The fourth-order valence-electron chi connectivity index (χ4n) is 2.27. The molecule has 2 heterocycles. The lowest BCUT2D eigenvalue weighted by Crippen LogP contribution is -2.38.